The molecule has 0 radical (unpaired) electrons. The van der Waals surface area contributed by atoms with Gasteiger partial charge in [-0.2, -0.15) is 0 Å². The average Bonchev–Trinajstić information content (AvgIpc) is 3.00. The minimum atomic E-state index is 0.393. The van der Waals surface area contributed by atoms with Crippen LogP contribution in [0.25, 0.3) is 0 Å². The summed E-state index contributed by atoms with van der Waals surface area (Å²) in [6.45, 7) is 0.907. The third kappa shape index (κ3) is 8.19. The van der Waals surface area contributed by atoms with Gasteiger partial charge in [-0.15, -0.1) is 0 Å². The molecule has 0 N–H and O–H groups in total. The molecule has 0 aliphatic heterocycles. The lowest BCUT2D eigenvalue weighted by Gasteiger charge is -2.35. The van der Waals surface area contributed by atoms with Crippen LogP contribution in [0.1, 0.15) is 35.1 Å². The zero-order chi connectivity index (χ0) is 26.5. The van der Waals surface area contributed by atoms with Gasteiger partial charge in [0.1, 0.15) is 0 Å². The molecular weight excluding hydrogens is 470 g/mol. The zero-order valence-electron chi connectivity index (χ0n) is 22.8. The SMILES string of the molecule is c1ccc(CC(CCC(Cc2ccccc2)N(Cc2ccccc2)c2ccccc2)Cc2ccccc2)cc1. The van der Waals surface area contributed by atoms with Crippen LogP contribution in [0.5, 0.6) is 0 Å². The summed E-state index contributed by atoms with van der Waals surface area (Å²) >= 11 is 0. The maximum Gasteiger partial charge on any atom is 0.0432 e. The van der Waals surface area contributed by atoms with Crippen LogP contribution in [0, 0.1) is 5.92 Å². The molecule has 0 heterocycles. The third-order valence-electron chi connectivity index (χ3n) is 7.68. The van der Waals surface area contributed by atoms with Crippen molar-refractivity contribution in [2.45, 2.75) is 44.7 Å². The van der Waals surface area contributed by atoms with Crippen molar-refractivity contribution >= 4 is 5.69 Å². The molecular formula is C38H39N. The minimum absolute atomic E-state index is 0.393. The summed E-state index contributed by atoms with van der Waals surface area (Å²) in [7, 11) is 0. The van der Waals surface area contributed by atoms with E-state index in [9.17, 15) is 0 Å². The summed E-state index contributed by atoms with van der Waals surface area (Å²) in [4.78, 5) is 2.64. The molecule has 1 heteroatoms. The minimum Gasteiger partial charge on any atom is -0.364 e. The topological polar surface area (TPSA) is 3.24 Å². The van der Waals surface area contributed by atoms with Crippen LogP contribution in [0.4, 0.5) is 5.69 Å². The maximum absolute atomic E-state index is 2.64. The standard InChI is InChI=1S/C38H39N/c1-6-16-32(17-7-1)28-36(29-33-18-8-2-9-19-33)26-27-38(30-34-20-10-3-11-21-34)39(37-24-14-5-15-25-37)31-35-22-12-4-13-23-35/h1-25,36,38H,26-31H2. The average molecular weight is 510 g/mol. The van der Waals surface area contributed by atoms with Crippen LogP contribution in [-0.2, 0) is 25.8 Å². The first kappa shape index (κ1) is 26.5. The molecule has 39 heavy (non-hydrogen) atoms. The van der Waals surface area contributed by atoms with Gasteiger partial charge in [-0.3, -0.25) is 0 Å². The Hall–Kier alpha value is -4.10. The molecule has 0 aliphatic carbocycles. The lowest BCUT2D eigenvalue weighted by atomic mass is 9.86. The van der Waals surface area contributed by atoms with E-state index in [0.717, 1.165) is 32.2 Å². The lowest BCUT2D eigenvalue weighted by molar-refractivity contribution is 0.418. The molecule has 0 aliphatic rings. The second-order valence-corrected chi connectivity index (χ2v) is 10.6. The van der Waals surface area contributed by atoms with Gasteiger partial charge in [-0.25, -0.2) is 0 Å². The van der Waals surface area contributed by atoms with Gasteiger partial charge in [-0.05, 0) is 72.4 Å². The molecule has 5 aromatic rings. The van der Waals surface area contributed by atoms with E-state index in [4.69, 9.17) is 0 Å². The Morgan fingerprint density at radius 3 is 1.23 bits per heavy atom. The van der Waals surface area contributed by atoms with Crippen molar-refractivity contribution in [1.82, 2.24) is 0 Å². The largest absolute Gasteiger partial charge is 0.364 e. The fourth-order valence-electron chi connectivity index (χ4n) is 5.68. The van der Waals surface area contributed by atoms with Crippen molar-refractivity contribution in [2.75, 3.05) is 4.90 Å². The normalized spacial score (nSPS) is 11.8. The maximum atomic E-state index is 2.64. The molecule has 5 rings (SSSR count). The molecule has 0 saturated heterocycles. The van der Waals surface area contributed by atoms with E-state index in [2.05, 4.69) is 157 Å². The van der Waals surface area contributed by atoms with Gasteiger partial charge in [0.2, 0.25) is 0 Å². The molecule has 0 fully saturated rings. The van der Waals surface area contributed by atoms with Gasteiger partial charge in [0, 0.05) is 18.3 Å². The van der Waals surface area contributed by atoms with Gasteiger partial charge in [0.25, 0.3) is 0 Å². The highest BCUT2D eigenvalue weighted by atomic mass is 15.2. The van der Waals surface area contributed by atoms with Crippen LogP contribution < -0.4 is 4.90 Å². The Labute approximate surface area is 234 Å². The molecule has 1 nitrogen and oxygen atoms in total. The predicted octanol–water partition coefficient (Wildman–Crippen LogP) is 9.19. The van der Waals surface area contributed by atoms with Crippen LogP contribution in [-0.4, -0.2) is 6.04 Å². The number of hydrogen-bond donors (Lipinski definition) is 0. The van der Waals surface area contributed by atoms with Crippen LogP contribution >= 0.6 is 0 Å². The Morgan fingerprint density at radius 2 is 0.769 bits per heavy atom. The van der Waals surface area contributed by atoms with E-state index < -0.39 is 0 Å². The van der Waals surface area contributed by atoms with Crippen molar-refractivity contribution in [3.8, 4) is 0 Å². The van der Waals surface area contributed by atoms with Crippen LogP contribution in [0.3, 0.4) is 0 Å². The lowest BCUT2D eigenvalue weighted by Crippen LogP contribution is -2.37. The highest BCUT2D eigenvalue weighted by Gasteiger charge is 2.22. The Balaban J connectivity index is 1.42. The number of nitrogens with zero attached hydrogens (tertiary/aromatic N) is 1. The summed E-state index contributed by atoms with van der Waals surface area (Å²) in [5, 5.41) is 0. The first-order chi connectivity index (χ1) is 19.3. The Bertz CT molecular complexity index is 1290. The second kappa shape index (κ2) is 14.2. The number of rotatable bonds is 13. The van der Waals surface area contributed by atoms with Crippen molar-refractivity contribution in [3.63, 3.8) is 0 Å². The summed E-state index contributed by atoms with van der Waals surface area (Å²) < 4.78 is 0. The first-order valence-electron chi connectivity index (χ1n) is 14.3. The van der Waals surface area contributed by atoms with Crippen LogP contribution in [0.2, 0.25) is 0 Å². The fourth-order valence-corrected chi connectivity index (χ4v) is 5.68. The van der Waals surface area contributed by atoms with E-state index in [0.29, 0.717) is 12.0 Å². The van der Waals surface area contributed by atoms with E-state index in [1.807, 2.05) is 0 Å². The summed E-state index contributed by atoms with van der Waals surface area (Å²) in [5.74, 6) is 0.586. The molecule has 0 spiro atoms. The van der Waals surface area contributed by atoms with Gasteiger partial charge >= 0.3 is 0 Å². The number of benzene rings is 5. The fraction of sp³-hybridized carbons (Fsp3) is 0.211. The molecule has 0 saturated carbocycles. The van der Waals surface area contributed by atoms with Gasteiger partial charge in [0.15, 0.2) is 0 Å². The summed E-state index contributed by atoms with van der Waals surface area (Å²) in [5.41, 5.74) is 6.91. The van der Waals surface area contributed by atoms with E-state index in [-0.39, 0.29) is 0 Å². The number of hydrogen-bond acceptors (Lipinski definition) is 1. The van der Waals surface area contributed by atoms with Crippen LogP contribution in [0.15, 0.2) is 152 Å². The number of para-hydroxylation sites is 1. The molecule has 0 amide bonds. The molecule has 0 bridgehead atoms. The van der Waals surface area contributed by atoms with E-state index in [1.54, 1.807) is 0 Å². The van der Waals surface area contributed by atoms with Gasteiger partial charge < -0.3 is 4.90 Å². The second-order valence-electron chi connectivity index (χ2n) is 10.6. The summed E-state index contributed by atoms with van der Waals surface area (Å²) in [6, 6.07) is 55.4. The highest BCUT2D eigenvalue weighted by Crippen LogP contribution is 2.28. The third-order valence-corrected chi connectivity index (χ3v) is 7.68. The van der Waals surface area contributed by atoms with Crippen molar-refractivity contribution in [3.05, 3.63) is 174 Å². The quantitative estimate of drug-likeness (QED) is 0.153. The van der Waals surface area contributed by atoms with Crippen molar-refractivity contribution < 1.29 is 0 Å². The van der Waals surface area contributed by atoms with E-state index >= 15 is 0 Å². The van der Waals surface area contributed by atoms with Crippen molar-refractivity contribution in [2.24, 2.45) is 5.92 Å². The molecule has 0 aromatic heterocycles. The zero-order valence-corrected chi connectivity index (χ0v) is 22.8. The molecule has 196 valence electrons. The smallest absolute Gasteiger partial charge is 0.0432 e. The van der Waals surface area contributed by atoms with Gasteiger partial charge in [0.05, 0.1) is 0 Å². The summed E-state index contributed by atoms with van der Waals surface area (Å²) in [6.07, 6.45) is 5.57. The van der Waals surface area contributed by atoms with E-state index in [1.165, 1.54) is 34.4 Å². The monoisotopic (exact) mass is 509 g/mol. The first-order valence-corrected chi connectivity index (χ1v) is 14.3. The van der Waals surface area contributed by atoms with Gasteiger partial charge in [-0.1, -0.05) is 140 Å². The Morgan fingerprint density at radius 1 is 0.385 bits per heavy atom. The predicted molar refractivity (Wildman–Crippen MR) is 166 cm³/mol. The molecule has 5 aromatic carbocycles. The van der Waals surface area contributed by atoms with Crippen molar-refractivity contribution in [1.29, 1.82) is 0 Å². The molecule has 1 atom stereocenters. The molecule has 1 unspecified atom stereocenters. The Kier molecular flexibility index (Phi) is 9.63. The highest BCUT2D eigenvalue weighted by molar-refractivity contribution is 5.48. The number of anilines is 1.